The van der Waals surface area contributed by atoms with Crippen molar-refractivity contribution >= 4 is 11.8 Å². The number of urea groups is 1. The standard InChI is InChI=1S/C18H26N4O2/c1-13(2)11-16(23)12-19-18(24)20-17-9-10-22(21-17)14(3)15-7-5-4-6-8-15/h4-10,13-14,16,23H,11-12H2,1-3H3,(H2,19,20,21,24). The molecule has 0 spiro atoms. The fourth-order valence-corrected chi connectivity index (χ4v) is 2.50. The molecule has 0 saturated heterocycles. The highest BCUT2D eigenvalue weighted by Gasteiger charge is 2.12. The fraction of sp³-hybridized carbons (Fsp3) is 0.444. The van der Waals surface area contributed by atoms with Gasteiger partial charge in [0.05, 0.1) is 12.1 Å². The van der Waals surface area contributed by atoms with E-state index >= 15 is 0 Å². The third-order valence-electron chi connectivity index (χ3n) is 3.77. The van der Waals surface area contributed by atoms with Crippen LogP contribution in [0.4, 0.5) is 10.6 Å². The fourth-order valence-electron chi connectivity index (χ4n) is 2.50. The predicted molar refractivity (Wildman–Crippen MR) is 95.0 cm³/mol. The zero-order valence-corrected chi connectivity index (χ0v) is 14.4. The topological polar surface area (TPSA) is 79.2 Å². The smallest absolute Gasteiger partial charge is 0.320 e. The van der Waals surface area contributed by atoms with E-state index in [1.54, 1.807) is 10.7 Å². The number of carbonyl (C=O) groups excluding carboxylic acids is 1. The van der Waals surface area contributed by atoms with Crippen molar-refractivity contribution in [3.8, 4) is 0 Å². The third-order valence-corrected chi connectivity index (χ3v) is 3.77. The summed E-state index contributed by atoms with van der Waals surface area (Å²) in [6.45, 7) is 6.34. The lowest BCUT2D eigenvalue weighted by atomic mass is 10.1. The van der Waals surface area contributed by atoms with Crippen LogP contribution in [0.5, 0.6) is 0 Å². The molecule has 1 aromatic heterocycles. The molecule has 3 N–H and O–H groups in total. The molecule has 1 aromatic carbocycles. The Morgan fingerprint density at radius 3 is 2.58 bits per heavy atom. The van der Waals surface area contributed by atoms with Crippen LogP contribution in [0.15, 0.2) is 42.6 Å². The lowest BCUT2D eigenvalue weighted by Crippen LogP contribution is -2.35. The number of rotatable bonds is 7. The summed E-state index contributed by atoms with van der Waals surface area (Å²) in [4.78, 5) is 11.9. The van der Waals surface area contributed by atoms with Gasteiger partial charge in [-0.2, -0.15) is 5.10 Å². The number of hydrogen-bond acceptors (Lipinski definition) is 3. The summed E-state index contributed by atoms with van der Waals surface area (Å²) in [5, 5.41) is 19.5. The van der Waals surface area contributed by atoms with Crippen molar-refractivity contribution in [1.29, 1.82) is 0 Å². The van der Waals surface area contributed by atoms with Crippen molar-refractivity contribution in [3.05, 3.63) is 48.2 Å². The predicted octanol–water partition coefficient (Wildman–Crippen LogP) is 3.02. The number of amides is 2. The third kappa shape index (κ3) is 5.38. The highest BCUT2D eigenvalue weighted by molar-refractivity contribution is 5.88. The largest absolute Gasteiger partial charge is 0.391 e. The quantitative estimate of drug-likeness (QED) is 0.730. The van der Waals surface area contributed by atoms with Crippen LogP contribution in [0.25, 0.3) is 0 Å². The molecule has 0 aliphatic carbocycles. The number of hydrogen-bond donors (Lipinski definition) is 3. The molecule has 2 unspecified atom stereocenters. The molecular weight excluding hydrogens is 304 g/mol. The van der Waals surface area contributed by atoms with Crippen LogP contribution in [0.3, 0.4) is 0 Å². The minimum atomic E-state index is -0.536. The summed E-state index contributed by atoms with van der Waals surface area (Å²) in [7, 11) is 0. The Morgan fingerprint density at radius 2 is 1.92 bits per heavy atom. The number of aromatic nitrogens is 2. The number of benzene rings is 1. The van der Waals surface area contributed by atoms with Gasteiger partial charge < -0.3 is 10.4 Å². The summed E-state index contributed by atoms with van der Waals surface area (Å²) in [6.07, 6.45) is 1.95. The van der Waals surface area contributed by atoms with Gasteiger partial charge in [-0.05, 0) is 24.8 Å². The van der Waals surface area contributed by atoms with Crippen LogP contribution in [0.2, 0.25) is 0 Å². The van der Waals surface area contributed by atoms with E-state index in [-0.39, 0.29) is 18.6 Å². The van der Waals surface area contributed by atoms with Crippen LogP contribution >= 0.6 is 0 Å². The van der Waals surface area contributed by atoms with E-state index < -0.39 is 6.10 Å². The summed E-state index contributed by atoms with van der Waals surface area (Å²) in [5.41, 5.74) is 1.15. The van der Waals surface area contributed by atoms with Gasteiger partial charge in [0.2, 0.25) is 0 Å². The van der Waals surface area contributed by atoms with E-state index in [0.29, 0.717) is 18.2 Å². The number of carbonyl (C=O) groups is 1. The molecule has 0 aliphatic rings. The lowest BCUT2D eigenvalue weighted by Gasteiger charge is -2.14. The minimum Gasteiger partial charge on any atom is -0.391 e. The maximum absolute atomic E-state index is 11.9. The highest BCUT2D eigenvalue weighted by Crippen LogP contribution is 2.17. The highest BCUT2D eigenvalue weighted by atomic mass is 16.3. The van der Waals surface area contributed by atoms with E-state index in [1.165, 1.54) is 0 Å². The van der Waals surface area contributed by atoms with E-state index in [1.807, 2.05) is 50.4 Å². The first kappa shape index (κ1) is 18.0. The first-order chi connectivity index (χ1) is 11.5. The molecule has 2 aromatic rings. The van der Waals surface area contributed by atoms with Gasteiger partial charge in [-0.15, -0.1) is 0 Å². The molecule has 0 bridgehead atoms. The zero-order valence-electron chi connectivity index (χ0n) is 14.4. The summed E-state index contributed by atoms with van der Waals surface area (Å²) in [6, 6.07) is 11.5. The molecule has 24 heavy (non-hydrogen) atoms. The van der Waals surface area contributed by atoms with Gasteiger partial charge >= 0.3 is 6.03 Å². The number of anilines is 1. The van der Waals surface area contributed by atoms with E-state index in [0.717, 1.165) is 5.56 Å². The van der Waals surface area contributed by atoms with Crippen LogP contribution in [-0.2, 0) is 0 Å². The monoisotopic (exact) mass is 330 g/mol. The van der Waals surface area contributed by atoms with Gasteiger partial charge in [0.1, 0.15) is 0 Å². The second-order valence-corrected chi connectivity index (χ2v) is 6.39. The second-order valence-electron chi connectivity index (χ2n) is 6.39. The molecule has 0 fully saturated rings. The minimum absolute atomic E-state index is 0.0812. The van der Waals surface area contributed by atoms with Crippen molar-refractivity contribution in [2.45, 2.75) is 39.3 Å². The van der Waals surface area contributed by atoms with Gasteiger partial charge in [0.25, 0.3) is 0 Å². The van der Waals surface area contributed by atoms with Gasteiger partial charge in [-0.25, -0.2) is 4.79 Å². The van der Waals surface area contributed by atoms with Crippen molar-refractivity contribution in [3.63, 3.8) is 0 Å². The Bertz CT molecular complexity index is 639. The second kappa shape index (κ2) is 8.49. The molecule has 130 valence electrons. The maximum atomic E-state index is 11.9. The molecule has 0 aliphatic heterocycles. The van der Waals surface area contributed by atoms with Crippen LogP contribution in [0, 0.1) is 5.92 Å². The molecule has 0 saturated carbocycles. The summed E-state index contributed by atoms with van der Waals surface area (Å²) in [5.74, 6) is 0.869. The Balaban J connectivity index is 1.86. The summed E-state index contributed by atoms with van der Waals surface area (Å²) >= 11 is 0. The van der Waals surface area contributed by atoms with Crippen LogP contribution in [0.1, 0.15) is 38.8 Å². The zero-order chi connectivity index (χ0) is 17.5. The number of aliphatic hydroxyl groups is 1. The summed E-state index contributed by atoms with van der Waals surface area (Å²) < 4.78 is 1.80. The average Bonchev–Trinajstić information content (AvgIpc) is 3.01. The molecular formula is C18H26N4O2. The number of nitrogens with zero attached hydrogens (tertiary/aromatic N) is 2. The molecule has 6 nitrogen and oxygen atoms in total. The Morgan fingerprint density at radius 1 is 1.21 bits per heavy atom. The van der Waals surface area contributed by atoms with Gasteiger partial charge in [-0.1, -0.05) is 44.2 Å². The number of nitrogens with one attached hydrogen (secondary N) is 2. The van der Waals surface area contributed by atoms with Crippen molar-refractivity contribution in [1.82, 2.24) is 15.1 Å². The Labute approximate surface area is 142 Å². The van der Waals surface area contributed by atoms with Crippen molar-refractivity contribution in [2.24, 2.45) is 5.92 Å². The Kier molecular flexibility index (Phi) is 6.37. The van der Waals surface area contributed by atoms with E-state index in [9.17, 15) is 9.90 Å². The molecule has 0 radical (unpaired) electrons. The molecule has 1 heterocycles. The van der Waals surface area contributed by atoms with Crippen LogP contribution in [-0.4, -0.2) is 33.6 Å². The molecule has 2 amide bonds. The first-order valence-electron chi connectivity index (χ1n) is 8.28. The van der Waals surface area contributed by atoms with Crippen molar-refractivity contribution < 1.29 is 9.90 Å². The lowest BCUT2D eigenvalue weighted by molar-refractivity contribution is 0.148. The van der Waals surface area contributed by atoms with Gasteiger partial charge in [0, 0.05) is 18.8 Å². The van der Waals surface area contributed by atoms with E-state index in [4.69, 9.17) is 0 Å². The first-order valence-corrected chi connectivity index (χ1v) is 8.28. The van der Waals surface area contributed by atoms with Gasteiger partial charge in [0.15, 0.2) is 5.82 Å². The van der Waals surface area contributed by atoms with E-state index in [2.05, 4.69) is 22.7 Å². The van der Waals surface area contributed by atoms with Crippen molar-refractivity contribution in [2.75, 3.05) is 11.9 Å². The Hall–Kier alpha value is -2.34. The average molecular weight is 330 g/mol. The normalized spacial score (nSPS) is 13.5. The molecule has 2 atom stereocenters. The molecule has 6 heteroatoms. The maximum Gasteiger partial charge on any atom is 0.320 e. The number of aliphatic hydroxyl groups excluding tert-OH is 1. The molecule has 2 rings (SSSR count). The van der Waals surface area contributed by atoms with Gasteiger partial charge in [-0.3, -0.25) is 10.00 Å². The SMILES string of the molecule is CC(C)CC(O)CNC(=O)Nc1ccn(C(C)c2ccccc2)n1. The van der Waals surface area contributed by atoms with Crippen LogP contribution < -0.4 is 10.6 Å².